The summed E-state index contributed by atoms with van der Waals surface area (Å²) in [5, 5.41) is 15.6. The van der Waals surface area contributed by atoms with E-state index >= 15 is 0 Å². The lowest BCUT2D eigenvalue weighted by molar-refractivity contribution is -0.168. The lowest BCUT2D eigenvalue weighted by Crippen LogP contribution is -2.47. The minimum Gasteiger partial charge on any atom is -0.465 e. The molecule has 0 fully saturated rings. The Hall–Kier alpha value is -4.19. The third-order valence-electron chi connectivity index (χ3n) is 6.24. The number of methoxy groups -OCH3 is 2. The van der Waals surface area contributed by atoms with Gasteiger partial charge in [-0.25, -0.2) is 14.7 Å². The van der Waals surface area contributed by atoms with Crippen LogP contribution in [0.2, 0.25) is 0 Å². The predicted molar refractivity (Wildman–Crippen MR) is 139 cm³/mol. The molecule has 0 radical (unpaired) electrons. The number of amides is 3. The van der Waals surface area contributed by atoms with E-state index in [1.54, 1.807) is 6.92 Å². The Bertz CT molecular complexity index is 1160. The molecule has 12 nitrogen and oxygen atoms in total. The highest BCUT2D eigenvalue weighted by Gasteiger charge is 2.30. The van der Waals surface area contributed by atoms with Gasteiger partial charge in [-0.15, -0.1) is 0 Å². The van der Waals surface area contributed by atoms with Crippen molar-refractivity contribution in [2.45, 2.75) is 52.0 Å². The lowest BCUT2D eigenvalue weighted by Gasteiger charge is -2.29. The van der Waals surface area contributed by atoms with Crippen LogP contribution in [0.25, 0.3) is 11.3 Å². The molecule has 0 saturated heterocycles. The van der Waals surface area contributed by atoms with Crippen molar-refractivity contribution >= 4 is 30.2 Å². The van der Waals surface area contributed by atoms with Crippen LogP contribution in [0.5, 0.6) is 0 Å². The van der Waals surface area contributed by atoms with E-state index in [-0.39, 0.29) is 35.7 Å². The zero-order chi connectivity index (χ0) is 28.9. The number of hydroxylamine groups is 2. The number of hydrogen-bond donors (Lipinski definition) is 3. The first-order chi connectivity index (χ1) is 18.7. The summed E-state index contributed by atoms with van der Waals surface area (Å²) in [6, 6.07) is 6.57. The average Bonchev–Trinajstić information content (AvgIpc) is 3.46. The summed E-state index contributed by atoms with van der Waals surface area (Å²) >= 11 is 0. The molecule has 3 N–H and O–H groups in total. The first kappa shape index (κ1) is 31.0. The van der Waals surface area contributed by atoms with E-state index in [0.717, 1.165) is 19.3 Å². The van der Waals surface area contributed by atoms with Crippen molar-refractivity contribution in [1.29, 1.82) is 0 Å². The lowest BCUT2D eigenvalue weighted by atomic mass is 9.90. The first-order valence-electron chi connectivity index (χ1n) is 12.6. The number of ether oxygens (including phenoxy) is 2. The van der Waals surface area contributed by atoms with Crippen LogP contribution in [0, 0.1) is 5.92 Å². The van der Waals surface area contributed by atoms with Gasteiger partial charge in [-0.05, 0) is 37.1 Å². The van der Waals surface area contributed by atoms with Crippen molar-refractivity contribution in [3.05, 3.63) is 47.2 Å². The van der Waals surface area contributed by atoms with Crippen molar-refractivity contribution in [2.75, 3.05) is 20.9 Å². The predicted octanol–water partition coefficient (Wildman–Crippen LogP) is 3.15. The molecule has 1 aromatic heterocycles. The van der Waals surface area contributed by atoms with E-state index < -0.39 is 35.7 Å². The Morgan fingerprint density at radius 2 is 1.69 bits per heavy atom. The van der Waals surface area contributed by atoms with Gasteiger partial charge in [0.15, 0.2) is 5.76 Å². The molecule has 39 heavy (non-hydrogen) atoms. The Morgan fingerprint density at radius 1 is 1.00 bits per heavy atom. The van der Waals surface area contributed by atoms with Crippen molar-refractivity contribution in [2.24, 2.45) is 5.92 Å². The maximum absolute atomic E-state index is 12.9. The molecule has 1 heterocycles. The standard InChI is InChI=1S/C27H35N3O9/c1-5-7-8-9-19(21(6-2)30(36)16-31)24(32)28-15-29-25(33)23-13-12-22(39-23)17-10-11-18(26(34)37-3)20(14-17)27(35)38-4/h10-14,16,19,21,36H,5-9,15H2,1-4H3,(H,28,32)(H,29,33)/t19-,21-/m1/s1. The van der Waals surface area contributed by atoms with Crippen LogP contribution >= 0.6 is 0 Å². The zero-order valence-electron chi connectivity index (χ0n) is 22.5. The average molecular weight is 546 g/mol. The Kier molecular flexibility index (Phi) is 12.2. The second kappa shape index (κ2) is 15.3. The molecule has 12 heteroatoms. The first-order valence-corrected chi connectivity index (χ1v) is 12.6. The number of furan rings is 1. The van der Waals surface area contributed by atoms with E-state index in [0.29, 0.717) is 23.5 Å². The summed E-state index contributed by atoms with van der Waals surface area (Å²) in [6.45, 7) is 3.59. The van der Waals surface area contributed by atoms with Crippen molar-refractivity contribution in [3.8, 4) is 11.3 Å². The van der Waals surface area contributed by atoms with Gasteiger partial charge in [-0.1, -0.05) is 39.2 Å². The highest BCUT2D eigenvalue weighted by atomic mass is 16.5. The number of esters is 2. The molecule has 3 amide bonds. The number of nitrogens with zero attached hydrogens (tertiary/aromatic N) is 1. The van der Waals surface area contributed by atoms with Crippen molar-refractivity contribution in [3.63, 3.8) is 0 Å². The molecule has 0 saturated carbocycles. The second-order valence-electron chi connectivity index (χ2n) is 8.69. The molecular formula is C27H35N3O9. The van der Waals surface area contributed by atoms with Crippen LogP contribution in [0.15, 0.2) is 34.7 Å². The molecule has 1 aromatic carbocycles. The molecule has 0 spiro atoms. The summed E-state index contributed by atoms with van der Waals surface area (Å²) in [5.74, 6) is -2.91. The Labute approximate surface area is 226 Å². The molecule has 2 atom stereocenters. The highest BCUT2D eigenvalue weighted by Crippen LogP contribution is 2.26. The summed E-state index contributed by atoms with van der Waals surface area (Å²) in [5.41, 5.74) is 0.408. The van der Waals surface area contributed by atoms with Crippen LogP contribution in [-0.4, -0.2) is 67.4 Å². The van der Waals surface area contributed by atoms with Crippen LogP contribution in [0.1, 0.15) is 77.2 Å². The maximum Gasteiger partial charge on any atom is 0.338 e. The van der Waals surface area contributed by atoms with Gasteiger partial charge in [0.2, 0.25) is 12.3 Å². The molecule has 212 valence electrons. The zero-order valence-corrected chi connectivity index (χ0v) is 22.5. The third-order valence-corrected chi connectivity index (χ3v) is 6.24. The van der Waals surface area contributed by atoms with E-state index in [9.17, 15) is 29.2 Å². The number of nitrogens with one attached hydrogen (secondary N) is 2. The Balaban J connectivity index is 2.09. The fourth-order valence-electron chi connectivity index (χ4n) is 4.16. The summed E-state index contributed by atoms with van der Waals surface area (Å²) in [4.78, 5) is 60.7. The number of hydrogen-bond acceptors (Lipinski definition) is 9. The molecular weight excluding hydrogens is 510 g/mol. The van der Waals surface area contributed by atoms with Gasteiger partial charge < -0.3 is 24.5 Å². The third kappa shape index (κ3) is 8.14. The van der Waals surface area contributed by atoms with Gasteiger partial charge in [-0.3, -0.25) is 19.6 Å². The molecule has 0 aliphatic carbocycles. The number of carbonyl (C=O) groups excluding carboxylic acids is 5. The normalized spacial score (nSPS) is 12.1. The summed E-state index contributed by atoms with van der Waals surface area (Å²) in [6.07, 6.45) is 3.72. The number of carbonyl (C=O) groups is 5. The van der Waals surface area contributed by atoms with E-state index in [2.05, 4.69) is 10.6 Å². The summed E-state index contributed by atoms with van der Waals surface area (Å²) < 4.78 is 15.1. The van der Waals surface area contributed by atoms with E-state index in [1.807, 2.05) is 6.92 Å². The van der Waals surface area contributed by atoms with Gasteiger partial charge in [-0.2, -0.15) is 0 Å². The second-order valence-corrected chi connectivity index (χ2v) is 8.69. The van der Waals surface area contributed by atoms with Crippen molar-refractivity contribution in [1.82, 2.24) is 15.7 Å². The molecule has 0 bridgehead atoms. The van der Waals surface area contributed by atoms with Crippen LogP contribution in [-0.2, 0) is 19.1 Å². The summed E-state index contributed by atoms with van der Waals surface area (Å²) in [7, 11) is 2.38. The van der Waals surface area contributed by atoms with Crippen LogP contribution in [0.3, 0.4) is 0 Å². The number of unbranched alkanes of at least 4 members (excludes halogenated alkanes) is 2. The van der Waals surface area contributed by atoms with Gasteiger partial charge in [0.1, 0.15) is 5.76 Å². The minimum atomic E-state index is -0.742. The monoisotopic (exact) mass is 545 g/mol. The highest BCUT2D eigenvalue weighted by molar-refractivity contribution is 6.04. The van der Waals surface area contributed by atoms with Gasteiger partial charge in [0, 0.05) is 5.56 Å². The van der Waals surface area contributed by atoms with E-state index in [4.69, 9.17) is 13.9 Å². The van der Waals surface area contributed by atoms with Crippen LogP contribution < -0.4 is 10.6 Å². The largest absolute Gasteiger partial charge is 0.465 e. The van der Waals surface area contributed by atoms with Crippen molar-refractivity contribution < 1.29 is 43.1 Å². The molecule has 0 aliphatic heterocycles. The molecule has 0 aliphatic rings. The quantitative estimate of drug-likeness (QED) is 0.0761. The molecule has 2 rings (SSSR count). The van der Waals surface area contributed by atoms with Crippen LogP contribution in [0.4, 0.5) is 0 Å². The van der Waals surface area contributed by atoms with Gasteiger partial charge in [0.25, 0.3) is 5.91 Å². The number of rotatable bonds is 15. The Morgan fingerprint density at radius 3 is 2.31 bits per heavy atom. The minimum absolute atomic E-state index is 0.0177. The van der Waals surface area contributed by atoms with Gasteiger partial charge in [0.05, 0.1) is 44.0 Å². The fourth-order valence-corrected chi connectivity index (χ4v) is 4.16. The topological polar surface area (TPSA) is 164 Å². The fraction of sp³-hybridized carbons (Fsp3) is 0.444. The molecule has 0 unspecified atom stereocenters. The van der Waals surface area contributed by atoms with Gasteiger partial charge >= 0.3 is 11.9 Å². The molecule has 2 aromatic rings. The maximum atomic E-state index is 12.9. The number of benzene rings is 1. The van der Waals surface area contributed by atoms with E-state index in [1.165, 1.54) is 44.6 Å². The smallest absolute Gasteiger partial charge is 0.338 e. The SMILES string of the molecule is CCCCC[C@@H](C(=O)NCNC(=O)c1ccc(-c2ccc(C(=O)OC)c(C(=O)OC)c2)o1)[C@@H](CC)N(O)C=O.